The van der Waals surface area contributed by atoms with Crippen LogP contribution in [0.3, 0.4) is 0 Å². The molecule has 0 saturated heterocycles. The molecule has 0 aliphatic heterocycles. The zero-order chi connectivity index (χ0) is 17.6. The van der Waals surface area contributed by atoms with Crippen LogP contribution in [-0.2, 0) is 4.74 Å². The summed E-state index contributed by atoms with van der Waals surface area (Å²) in [5.41, 5.74) is 1.63. The van der Waals surface area contributed by atoms with Crippen LogP contribution in [0.4, 0.5) is 0 Å². The highest BCUT2D eigenvalue weighted by atomic mass is 35.5. The number of hydrogen-bond donors (Lipinski definition) is 1. The highest BCUT2D eigenvalue weighted by molar-refractivity contribution is 6.30. The lowest BCUT2D eigenvalue weighted by molar-refractivity contribution is 0.0927. The number of nitrogens with zero attached hydrogens (tertiary/aromatic N) is 3. The monoisotopic (exact) mass is 356 g/mol. The molecule has 0 unspecified atom stereocenters. The summed E-state index contributed by atoms with van der Waals surface area (Å²) in [6.45, 7) is 0.820. The van der Waals surface area contributed by atoms with Gasteiger partial charge in [-0.25, -0.2) is 9.67 Å². The Labute approximate surface area is 150 Å². The molecule has 1 heterocycles. The van der Waals surface area contributed by atoms with Crippen LogP contribution < -0.4 is 5.32 Å². The van der Waals surface area contributed by atoms with E-state index in [1.54, 1.807) is 23.9 Å². The van der Waals surface area contributed by atoms with Gasteiger partial charge in [-0.3, -0.25) is 4.79 Å². The van der Waals surface area contributed by atoms with Gasteiger partial charge in [-0.15, -0.1) is 5.10 Å². The van der Waals surface area contributed by atoms with Gasteiger partial charge >= 0.3 is 0 Å². The fourth-order valence-electron chi connectivity index (χ4n) is 2.29. The second-order valence-electron chi connectivity index (χ2n) is 5.26. The van der Waals surface area contributed by atoms with Gasteiger partial charge in [0.1, 0.15) is 0 Å². The van der Waals surface area contributed by atoms with Crippen LogP contribution in [0.2, 0.25) is 5.02 Å². The number of ether oxygens (including phenoxy) is 1. The predicted octanol–water partition coefficient (Wildman–Crippen LogP) is 2.96. The van der Waals surface area contributed by atoms with E-state index in [9.17, 15) is 4.79 Å². The Morgan fingerprint density at radius 1 is 1.16 bits per heavy atom. The third-order valence-electron chi connectivity index (χ3n) is 3.51. The minimum Gasteiger partial charge on any atom is -0.383 e. The molecule has 0 saturated carbocycles. The molecule has 1 amide bonds. The Kier molecular flexibility index (Phi) is 5.42. The molecule has 7 heteroatoms. The van der Waals surface area contributed by atoms with Crippen molar-refractivity contribution in [3.05, 3.63) is 65.4 Å². The third-order valence-corrected chi connectivity index (χ3v) is 3.76. The first-order valence-electron chi connectivity index (χ1n) is 7.74. The SMILES string of the molecule is COCCNC(=O)c1nc(-c2ccc(Cl)cc2)n(-c2ccccc2)n1. The maximum absolute atomic E-state index is 12.3. The number of amides is 1. The van der Waals surface area contributed by atoms with Crippen LogP contribution in [0.15, 0.2) is 54.6 Å². The van der Waals surface area contributed by atoms with Crippen molar-refractivity contribution in [3.8, 4) is 17.1 Å². The summed E-state index contributed by atoms with van der Waals surface area (Å²) in [7, 11) is 1.58. The van der Waals surface area contributed by atoms with Crippen molar-refractivity contribution < 1.29 is 9.53 Å². The van der Waals surface area contributed by atoms with E-state index in [0.717, 1.165) is 11.3 Å². The Morgan fingerprint density at radius 2 is 1.88 bits per heavy atom. The van der Waals surface area contributed by atoms with E-state index in [0.29, 0.717) is 24.0 Å². The van der Waals surface area contributed by atoms with Gasteiger partial charge in [0.25, 0.3) is 5.91 Å². The first kappa shape index (κ1) is 17.1. The number of carbonyl (C=O) groups is 1. The lowest BCUT2D eigenvalue weighted by atomic mass is 10.2. The van der Waals surface area contributed by atoms with Crippen molar-refractivity contribution in [1.29, 1.82) is 0 Å². The van der Waals surface area contributed by atoms with Crippen LogP contribution in [0, 0.1) is 0 Å². The molecular formula is C18H17ClN4O2. The van der Waals surface area contributed by atoms with E-state index >= 15 is 0 Å². The Bertz CT molecular complexity index is 847. The molecule has 0 aliphatic carbocycles. The first-order chi connectivity index (χ1) is 12.2. The van der Waals surface area contributed by atoms with Crippen LogP contribution in [0.5, 0.6) is 0 Å². The number of benzene rings is 2. The molecule has 3 rings (SSSR count). The van der Waals surface area contributed by atoms with Gasteiger partial charge in [0.15, 0.2) is 5.82 Å². The first-order valence-corrected chi connectivity index (χ1v) is 8.12. The number of hydrogen-bond acceptors (Lipinski definition) is 4. The third kappa shape index (κ3) is 4.04. The molecule has 128 valence electrons. The van der Waals surface area contributed by atoms with E-state index in [-0.39, 0.29) is 11.7 Å². The molecule has 2 aromatic carbocycles. The zero-order valence-electron chi connectivity index (χ0n) is 13.6. The van der Waals surface area contributed by atoms with Gasteiger partial charge in [0.2, 0.25) is 5.82 Å². The number of carbonyl (C=O) groups excluding carboxylic acids is 1. The summed E-state index contributed by atoms with van der Waals surface area (Å²) in [5.74, 6) is 0.326. The summed E-state index contributed by atoms with van der Waals surface area (Å²) < 4.78 is 6.58. The fraction of sp³-hybridized carbons (Fsp3) is 0.167. The number of methoxy groups -OCH3 is 1. The van der Waals surface area contributed by atoms with Crippen LogP contribution in [0.25, 0.3) is 17.1 Å². The molecule has 25 heavy (non-hydrogen) atoms. The lowest BCUT2D eigenvalue weighted by Crippen LogP contribution is -2.28. The van der Waals surface area contributed by atoms with E-state index < -0.39 is 0 Å². The summed E-state index contributed by atoms with van der Waals surface area (Å²) in [4.78, 5) is 16.7. The fourth-order valence-corrected chi connectivity index (χ4v) is 2.41. The molecule has 0 fully saturated rings. The maximum atomic E-state index is 12.3. The largest absolute Gasteiger partial charge is 0.383 e. The second kappa shape index (κ2) is 7.92. The normalized spacial score (nSPS) is 10.6. The van der Waals surface area contributed by atoms with Gasteiger partial charge < -0.3 is 10.1 Å². The van der Waals surface area contributed by atoms with E-state index in [1.807, 2.05) is 42.5 Å². The van der Waals surface area contributed by atoms with E-state index in [4.69, 9.17) is 16.3 Å². The van der Waals surface area contributed by atoms with Gasteiger partial charge in [-0.1, -0.05) is 29.8 Å². The Balaban J connectivity index is 2.00. The molecule has 6 nitrogen and oxygen atoms in total. The van der Waals surface area contributed by atoms with Crippen LogP contribution >= 0.6 is 11.6 Å². The minimum absolute atomic E-state index is 0.102. The highest BCUT2D eigenvalue weighted by Gasteiger charge is 2.18. The maximum Gasteiger partial charge on any atom is 0.291 e. The molecule has 1 aromatic heterocycles. The summed E-state index contributed by atoms with van der Waals surface area (Å²) >= 11 is 5.96. The van der Waals surface area contributed by atoms with Gasteiger partial charge in [0, 0.05) is 24.2 Å². The number of halogens is 1. The summed E-state index contributed by atoms with van der Waals surface area (Å²) in [5, 5.41) is 7.74. The molecule has 3 aromatic rings. The molecule has 0 aliphatic rings. The van der Waals surface area contributed by atoms with Gasteiger partial charge in [-0.05, 0) is 36.4 Å². The quantitative estimate of drug-likeness (QED) is 0.689. The molecule has 0 bridgehead atoms. The lowest BCUT2D eigenvalue weighted by Gasteiger charge is -2.05. The van der Waals surface area contributed by atoms with Crippen molar-refractivity contribution in [2.24, 2.45) is 0 Å². The number of rotatable bonds is 6. The van der Waals surface area contributed by atoms with Crippen molar-refractivity contribution >= 4 is 17.5 Å². The van der Waals surface area contributed by atoms with Crippen LogP contribution in [0.1, 0.15) is 10.6 Å². The molecule has 1 N–H and O–H groups in total. The van der Waals surface area contributed by atoms with Crippen molar-refractivity contribution in [3.63, 3.8) is 0 Å². The smallest absolute Gasteiger partial charge is 0.291 e. The van der Waals surface area contributed by atoms with Crippen molar-refractivity contribution in [2.75, 3.05) is 20.3 Å². The standard InChI is InChI=1S/C18H17ClN4O2/c1-25-12-11-20-18(24)16-21-17(13-7-9-14(19)10-8-13)23(22-16)15-5-3-2-4-6-15/h2-10H,11-12H2,1H3,(H,20,24). The summed E-state index contributed by atoms with van der Waals surface area (Å²) in [6.07, 6.45) is 0. The molecular weight excluding hydrogens is 340 g/mol. The molecule has 0 spiro atoms. The highest BCUT2D eigenvalue weighted by Crippen LogP contribution is 2.23. The topological polar surface area (TPSA) is 69.0 Å². The zero-order valence-corrected chi connectivity index (χ0v) is 14.4. The minimum atomic E-state index is -0.345. The predicted molar refractivity (Wildman–Crippen MR) is 96.0 cm³/mol. The number of para-hydroxylation sites is 1. The van der Waals surface area contributed by atoms with Crippen LogP contribution in [-0.4, -0.2) is 40.9 Å². The van der Waals surface area contributed by atoms with E-state index in [2.05, 4.69) is 15.4 Å². The second-order valence-corrected chi connectivity index (χ2v) is 5.70. The Hall–Kier alpha value is -2.70. The van der Waals surface area contributed by atoms with E-state index in [1.165, 1.54) is 0 Å². The van der Waals surface area contributed by atoms with Gasteiger partial charge in [-0.2, -0.15) is 0 Å². The molecule has 0 radical (unpaired) electrons. The Morgan fingerprint density at radius 3 is 2.56 bits per heavy atom. The average Bonchev–Trinajstić information content (AvgIpc) is 3.09. The van der Waals surface area contributed by atoms with Crippen molar-refractivity contribution in [2.45, 2.75) is 0 Å². The number of aromatic nitrogens is 3. The van der Waals surface area contributed by atoms with Gasteiger partial charge in [0.05, 0.1) is 12.3 Å². The molecule has 0 atom stereocenters. The number of nitrogens with one attached hydrogen (secondary N) is 1. The summed E-state index contributed by atoms with van der Waals surface area (Å²) in [6, 6.07) is 16.8. The average molecular weight is 357 g/mol. The van der Waals surface area contributed by atoms with Crippen molar-refractivity contribution in [1.82, 2.24) is 20.1 Å².